The minimum absolute atomic E-state index is 0.278. The number of aryl methyl sites for hydroxylation is 1. The third kappa shape index (κ3) is 4.15. The average molecular weight is 372 g/mol. The number of carbonyl (C=O) groups excluding carboxylic acids is 1. The maximum Gasteiger partial charge on any atom is 0.257 e. The Hall–Kier alpha value is -2.99. The van der Waals surface area contributed by atoms with Gasteiger partial charge < -0.3 is 14.8 Å². The Balaban J connectivity index is 1.72. The summed E-state index contributed by atoms with van der Waals surface area (Å²) < 4.78 is 12.8. The lowest BCUT2D eigenvalue weighted by Gasteiger charge is -2.12. The van der Waals surface area contributed by atoms with Crippen LogP contribution in [0.15, 0.2) is 54.7 Å². The highest BCUT2D eigenvalue weighted by atomic mass is 35.5. The molecule has 6 nitrogen and oxygen atoms in total. The lowest BCUT2D eigenvalue weighted by molar-refractivity contribution is 0.102. The summed E-state index contributed by atoms with van der Waals surface area (Å²) >= 11 is 6.14. The van der Waals surface area contributed by atoms with Gasteiger partial charge in [0.25, 0.3) is 5.91 Å². The van der Waals surface area contributed by atoms with Crippen LogP contribution in [0.25, 0.3) is 0 Å². The summed E-state index contributed by atoms with van der Waals surface area (Å²) in [4.78, 5) is 12.4. The third-order valence-corrected chi connectivity index (χ3v) is 4.09. The number of hydrogen-bond donors (Lipinski definition) is 1. The van der Waals surface area contributed by atoms with Gasteiger partial charge in [-0.25, -0.2) is 0 Å². The zero-order valence-electron chi connectivity index (χ0n) is 14.4. The summed E-state index contributed by atoms with van der Waals surface area (Å²) in [5.41, 5.74) is 1.31. The van der Waals surface area contributed by atoms with E-state index < -0.39 is 0 Å². The Bertz CT molecular complexity index is 924. The Morgan fingerprint density at radius 3 is 2.69 bits per heavy atom. The van der Waals surface area contributed by atoms with Crippen LogP contribution in [0.5, 0.6) is 11.5 Å². The number of amides is 1. The lowest BCUT2D eigenvalue weighted by atomic mass is 10.2. The Kier molecular flexibility index (Phi) is 5.43. The molecule has 1 N–H and O–H groups in total. The van der Waals surface area contributed by atoms with Crippen LogP contribution < -0.4 is 14.8 Å². The van der Waals surface area contributed by atoms with Crippen molar-refractivity contribution >= 4 is 23.3 Å². The van der Waals surface area contributed by atoms with Gasteiger partial charge in [-0.3, -0.25) is 9.48 Å². The highest BCUT2D eigenvalue weighted by molar-refractivity contribution is 6.31. The number of rotatable bonds is 6. The molecule has 0 aliphatic carbocycles. The monoisotopic (exact) mass is 371 g/mol. The number of nitrogens with zero attached hydrogens (tertiary/aromatic N) is 2. The SMILES string of the molecule is COc1cc(C(=O)Nc2ccn(C)n2)ccc1OCc1ccccc1Cl. The van der Waals surface area contributed by atoms with E-state index in [9.17, 15) is 4.79 Å². The Morgan fingerprint density at radius 2 is 2.00 bits per heavy atom. The molecule has 0 saturated heterocycles. The molecule has 134 valence electrons. The number of nitrogens with one attached hydrogen (secondary N) is 1. The number of halogens is 1. The van der Waals surface area contributed by atoms with Crippen LogP contribution in [0.3, 0.4) is 0 Å². The van der Waals surface area contributed by atoms with Crippen LogP contribution in [-0.4, -0.2) is 22.8 Å². The zero-order valence-corrected chi connectivity index (χ0v) is 15.2. The van der Waals surface area contributed by atoms with Crippen molar-refractivity contribution in [2.75, 3.05) is 12.4 Å². The number of aromatic nitrogens is 2. The molecule has 0 bridgehead atoms. The molecule has 0 saturated carbocycles. The van der Waals surface area contributed by atoms with Gasteiger partial charge in [-0.15, -0.1) is 0 Å². The summed E-state index contributed by atoms with van der Waals surface area (Å²) in [5, 5.41) is 7.49. The van der Waals surface area contributed by atoms with Crippen molar-refractivity contribution in [1.82, 2.24) is 9.78 Å². The minimum atomic E-state index is -0.278. The van der Waals surface area contributed by atoms with E-state index in [1.807, 2.05) is 24.3 Å². The number of carbonyl (C=O) groups is 1. The summed E-state index contributed by atoms with van der Waals surface area (Å²) in [6.07, 6.45) is 1.75. The third-order valence-electron chi connectivity index (χ3n) is 3.72. The predicted octanol–water partition coefficient (Wildman–Crippen LogP) is 3.91. The van der Waals surface area contributed by atoms with E-state index in [-0.39, 0.29) is 5.91 Å². The van der Waals surface area contributed by atoms with Gasteiger partial charge in [0.1, 0.15) is 6.61 Å². The van der Waals surface area contributed by atoms with E-state index in [4.69, 9.17) is 21.1 Å². The second kappa shape index (κ2) is 7.93. The van der Waals surface area contributed by atoms with Crippen LogP contribution in [0.2, 0.25) is 5.02 Å². The fourth-order valence-electron chi connectivity index (χ4n) is 2.37. The topological polar surface area (TPSA) is 65.4 Å². The molecular weight excluding hydrogens is 354 g/mol. The van der Waals surface area contributed by atoms with Crippen LogP contribution >= 0.6 is 11.6 Å². The molecule has 1 amide bonds. The number of hydrogen-bond acceptors (Lipinski definition) is 4. The van der Waals surface area contributed by atoms with Crippen LogP contribution in [-0.2, 0) is 13.7 Å². The normalized spacial score (nSPS) is 10.4. The van der Waals surface area contributed by atoms with E-state index in [1.165, 1.54) is 7.11 Å². The van der Waals surface area contributed by atoms with Gasteiger partial charge in [0.05, 0.1) is 7.11 Å². The maximum absolute atomic E-state index is 12.4. The van der Waals surface area contributed by atoms with E-state index in [2.05, 4.69) is 10.4 Å². The van der Waals surface area contributed by atoms with E-state index >= 15 is 0 Å². The summed E-state index contributed by atoms with van der Waals surface area (Å²) in [6.45, 7) is 0.301. The number of ether oxygens (including phenoxy) is 2. The summed E-state index contributed by atoms with van der Waals surface area (Å²) in [7, 11) is 3.31. The van der Waals surface area contributed by atoms with Gasteiger partial charge in [-0.05, 0) is 24.3 Å². The van der Waals surface area contributed by atoms with Crippen LogP contribution in [0.4, 0.5) is 5.82 Å². The number of methoxy groups -OCH3 is 1. The fourth-order valence-corrected chi connectivity index (χ4v) is 2.56. The lowest BCUT2D eigenvalue weighted by Crippen LogP contribution is -2.13. The van der Waals surface area contributed by atoms with Gasteiger partial charge >= 0.3 is 0 Å². The Labute approximate surface area is 156 Å². The van der Waals surface area contributed by atoms with Crippen LogP contribution in [0.1, 0.15) is 15.9 Å². The predicted molar refractivity (Wildman–Crippen MR) is 99.9 cm³/mol. The molecular formula is C19H18ClN3O3. The van der Waals surface area contributed by atoms with Crippen molar-refractivity contribution in [2.45, 2.75) is 6.61 Å². The molecule has 0 unspecified atom stereocenters. The first kappa shape index (κ1) is 17.8. The highest BCUT2D eigenvalue weighted by Crippen LogP contribution is 2.30. The molecule has 3 rings (SSSR count). The molecule has 3 aromatic rings. The summed E-state index contributed by atoms with van der Waals surface area (Å²) in [6, 6.07) is 14.2. The van der Waals surface area contributed by atoms with Crippen LogP contribution in [0, 0.1) is 0 Å². The molecule has 0 radical (unpaired) electrons. The van der Waals surface area contributed by atoms with Crippen molar-refractivity contribution in [1.29, 1.82) is 0 Å². The largest absolute Gasteiger partial charge is 0.493 e. The Morgan fingerprint density at radius 1 is 1.19 bits per heavy atom. The van der Waals surface area contributed by atoms with E-state index in [1.54, 1.807) is 42.2 Å². The molecule has 0 fully saturated rings. The molecule has 7 heteroatoms. The summed E-state index contributed by atoms with van der Waals surface area (Å²) in [5.74, 6) is 1.20. The van der Waals surface area contributed by atoms with Gasteiger partial charge in [-0.2, -0.15) is 5.10 Å². The first-order chi connectivity index (χ1) is 12.6. The van der Waals surface area contributed by atoms with Crippen molar-refractivity contribution in [3.63, 3.8) is 0 Å². The van der Waals surface area contributed by atoms with Crippen molar-refractivity contribution in [3.05, 3.63) is 70.9 Å². The second-order valence-corrected chi connectivity index (χ2v) is 5.98. The van der Waals surface area contributed by atoms with Gasteiger partial charge in [0, 0.05) is 35.5 Å². The molecule has 1 heterocycles. The molecule has 0 aliphatic rings. The first-order valence-corrected chi connectivity index (χ1v) is 8.30. The maximum atomic E-state index is 12.4. The first-order valence-electron chi connectivity index (χ1n) is 7.92. The smallest absolute Gasteiger partial charge is 0.257 e. The molecule has 1 aromatic heterocycles. The standard InChI is InChI=1S/C19H18ClN3O3/c1-23-10-9-18(22-23)21-19(24)13-7-8-16(17(11-13)25-2)26-12-14-5-3-4-6-15(14)20/h3-11H,12H2,1-2H3,(H,21,22,24). The molecule has 26 heavy (non-hydrogen) atoms. The van der Waals surface area contributed by atoms with E-state index in [0.29, 0.717) is 34.5 Å². The average Bonchev–Trinajstić information content (AvgIpc) is 3.05. The number of benzene rings is 2. The second-order valence-electron chi connectivity index (χ2n) is 5.57. The molecule has 2 aromatic carbocycles. The van der Waals surface area contributed by atoms with Gasteiger partial charge in [-0.1, -0.05) is 29.8 Å². The van der Waals surface area contributed by atoms with Gasteiger partial charge in [0.2, 0.25) is 0 Å². The minimum Gasteiger partial charge on any atom is -0.493 e. The van der Waals surface area contributed by atoms with Crippen molar-refractivity contribution in [3.8, 4) is 11.5 Å². The molecule has 0 aliphatic heterocycles. The molecule has 0 spiro atoms. The van der Waals surface area contributed by atoms with Gasteiger partial charge in [0.15, 0.2) is 17.3 Å². The van der Waals surface area contributed by atoms with Crippen molar-refractivity contribution < 1.29 is 14.3 Å². The quantitative estimate of drug-likeness (QED) is 0.713. The van der Waals surface area contributed by atoms with E-state index in [0.717, 1.165) is 5.56 Å². The highest BCUT2D eigenvalue weighted by Gasteiger charge is 2.13. The molecule has 0 atom stereocenters. The number of anilines is 1. The van der Waals surface area contributed by atoms with Crippen molar-refractivity contribution in [2.24, 2.45) is 7.05 Å². The fraction of sp³-hybridized carbons (Fsp3) is 0.158. The zero-order chi connectivity index (χ0) is 18.5.